The van der Waals surface area contributed by atoms with Crippen LogP contribution in [-0.2, 0) is 19.0 Å². The van der Waals surface area contributed by atoms with Gasteiger partial charge in [-0.1, -0.05) is 6.07 Å². The summed E-state index contributed by atoms with van der Waals surface area (Å²) in [4.78, 5) is 18.7. The number of carbonyl (C=O) groups is 1. The number of nitrogens with zero attached hydrogens (tertiary/aromatic N) is 2. The summed E-state index contributed by atoms with van der Waals surface area (Å²) in [5, 5.41) is 0. The first-order valence-corrected chi connectivity index (χ1v) is 10.6. The Labute approximate surface area is 155 Å². The Bertz CT molecular complexity index is 700. The van der Waals surface area contributed by atoms with Crippen LogP contribution in [0.15, 0.2) is 24.5 Å². The largest absolute Gasteiger partial charge is 0.444 e. The van der Waals surface area contributed by atoms with Gasteiger partial charge in [-0.3, -0.25) is 14.1 Å². The van der Waals surface area contributed by atoms with E-state index in [2.05, 4.69) is 4.98 Å². The Balaban J connectivity index is 2.09. The molecule has 1 saturated heterocycles. The lowest BCUT2D eigenvalue weighted by molar-refractivity contribution is 0.0131. The van der Waals surface area contributed by atoms with Crippen molar-refractivity contribution in [3.63, 3.8) is 0 Å². The Kier molecular flexibility index (Phi) is 6.63. The minimum Gasteiger partial charge on any atom is -0.444 e. The van der Waals surface area contributed by atoms with Crippen LogP contribution < -0.4 is 0 Å². The zero-order valence-corrected chi connectivity index (χ0v) is 16.7. The van der Waals surface area contributed by atoms with E-state index in [1.165, 1.54) is 0 Å². The second-order valence-electron chi connectivity index (χ2n) is 7.59. The number of likely N-dealkylation sites (tertiary alicyclic amines) is 1. The fraction of sp³-hybridized carbons (Fsp3) is 0.667. The fourth-order valence-corrected chi connectivity index (χ4v) is 3.61. The van der Waals surface area contributed by atoms with E-state index >= 15 is 0 Å². The summed E-state index contributed by atoms with van der Waals surface area (Å²) in [6.45, 7) is 5.65. The maximum atomic E-state index is 12.8. The molecule has 0 aliphatic carbocycles. The van der Waals surface area contributed by atoms with Crippen molar-refractivity contribution < 1.29 is 22.1 Å². The monoisotopic (exact) mass is 384 g/mol. The van der Waals surface area contributed by atoms with E-state index in [-0.39, 0.29) is 24.8 Å². The third kappa shape index (κ3) is 6.25. The molecule has 2 atom stereocenters. The van der Waals surface area contributed by atoms with Gasteiger partial charge < -0.3 is 4.74 Å². The molecule has 26 heavy (non-hydrogen) atoms. The van der Waals surface area contributed by atoms with Crippen LogP contribution in [0.3, 0.4) is 0 Å². The topological polar surface area (TPSA) is 85.8 Å². The van der Waals surface area contributed by atoms with Crippen LogP contribution in [0.25, 0.3) is 0 Å². The van der Waals surface area contributed by atoms with Crippen molar-refractivity contribution in [3.05, 3.63) is 30.1 Å². The minimum absolute atomic E-state index is 0.0155. The van der Waals surface area contributed by atoms with E-state index in [0.717, 1.165) is 24.7 Å². The molecule has 0 spiro atoms. The maximum Gasteiger partial charge on any atom is 0.411 e. The van der Waals surface area contributed by atoms with Crippen LogP contribution in [0.1, 0.15) is 58.1 Å². The summed E-state index contributed by atoms with van der Waals surface area (Å²) >= 11 is 0. The smallest absolute Gasteiger partial charge is 0.411 e. The second kappa shape index (κ2) is 8.35. The van der Waals surface area contributed by atoms with Crippen LogP contribution in [0.2, 0.25) is 0 Å². The molecule has 1 amide bonds. The summed E-state index contributed by atoms with van der Waals surface area (Å²) in [6, 6.07) is 3.72. The van der Waals surface area contributed by atoms with Gasteiger partial charge in [-0.25, -0.2) is 4.79 Å². The lowest BCUT2D eigenvalue weighted by Crippen LogP contribution is -2.41. The van der Waals surface area contributed by atoms with Crippen LogP contribution in [0.4, 0.5) is 4.79 Å². The Hall–Kier alpha value is -1.67. The fourth-order valence-electron chi connectivity index (χ4n) is 3.19. The molecule has 0 bridgehead atoms. The number of pyridine rings is 1. The third-order valence-corrected chi connectivity index (χ3v) is 4.75. The molecule has 2 heterocycles. The van der Waals surface area contributed by atoms with Crippen molar-refractivity contribution in [2.24, 2.45) is 0 Å². The zero-order valence-electron chi connectivity index (χ0n) is 15.8. The maximum absolute atomic E-state index is 12.8. The van der Waals surface area contributed by atoms with Crippen molar-refractivity contribution in [2.45, 2.75) is 64.1 Å². The minimum atomic E-state index is -3.44. The molecule has 2 rings (SSSR count). The van der Waals surface area contributed by atoms with Crippen LogP contribution in [-0.4, -0.2) is 48.9 Å². The van der Waals surface area contributed by atoms with Crippen LogP contribution in [0.5, 0.6) is 0 Å². The van der Waals surface area contributed by atoms with Gasteiger partial charge in [0.25, 0.3) is 10.1 Å². The highest BCUT2D eigenvalue weighted by atomic mass is 32.2. The molecular weight excluding hydrogens is 356 g/mol. The standard InChI is InChI=1S/C18H28N2O5S/c1-18(2,3)25-17(21)20-15(8-6-12-24-26(4,22)23)9-10-16(20)14-7-5-11-19-13-14/h5,7,11,13,15-16H,6,8-10,12H2,1-4H3/t15-,16-/m1/s1. The molecule has 0 N–H and O–H groups in total. The first kappa shape index (κ1) is 20.6. The number of amides is 1. The second-order valence-corrected chi connectivity index (χ2v) is 9.23. The van der Waals surface area contributed by atoms with E-state index in [0.29, 0.717) is 12.8 Å². The number of hydrogen-bond acceptors (Lipinski definition) is 6. The average molecular weight is 384 g/mol. The number of hydrogen-bond donors (Lipinski definition) is 0. The van der Waals surface area contributed by atoms with E-state index < -0.39 is 15.7 Å². The van der Waals surface area contributed by atoms with E-state index in [4.69, 9.17) is 8.92 Å². The predicted octanol–water partition coefficient (Wildman–Crippen LogP) is 3.28. The quantitative estimate of drug-likeness (QED) is 0.553. The van der Waals surface area contributed by atoms with E-state index in [1.54, 1.807) is 17.3 Å². The van der Waals surface area contributed by atoms with Gasteiger partial charge in [0.15, 0.2) is 0 Å². The van der Waals surface area contributed by atoms with Gasteiger partial charge >= 0.3 is 6.09 Å². The Morgan fingerprint density at radius 1 is 1.35 bits per heavy atom. The normalized spacial score (nSPS) is 21.0. The van der Waals surface area contributed by atoms with Crippen molar-refractivity contribution in [1.82, 2.24) is 9.88 Å². The molecule has 1 aliphatic rings. The predicted molar refractivity (Wildman–Crippen MR) is 98.1 cm³/mol. The van der Waals surface area contributed by atoms with Gasteiger partial charge in [0.2, 0.25) is 0 Å². The summed E-state index contributed by atoms with van der Waals surface area (Å²) in [6.07, 6.45) is 7.03. The van der Waals surface area contributed by atoms with Crippen molar-refractivity contribution in [3.8, 4) is 0 Å². The molecule has 0 radical (unpaired) electrons. The highest BCUT2D eigenvalue weighted by Crippen LogP contribution is 2.38. The Morgan fingerprint density at radius 2 is 2.08 bits per heavy atom. The van der Waals surface area contributed by atoms with Gasteiger partial charge in [0.1, 0.15) is 5.60 Å². The first-order chi connectivity index (χ1) is 12.1. The van der Waals surface area contributed by atoms with Gasteiger partial charge in [-0.2, -0.15) is 8.42 Å². The highest BCUT2D eigenvalue weighted by molar-refractivity contribution is 7.85. The summed E-state index contributed by atoms with van der Waals surface area (Å²) < 4.78 is 32.6. The molecule has 0 unspecified atom stereocenters. The van der Waals surface area contributed by atoms with Gasteiger partial charge in [-0.05, 0) is 58.1 Å². The van der Waals surface area contributed by atoms with Crippen LogP contribution in [0, 0.1) is 0 Å². The van der Waals surface area contributed by atoms with E-state index in [9.17, 15) is 13.2 Å². The number of carbonyl (C=O) groups excluding carboxylic acids is 1. The number of ether oxygens (including phenoxy) is 1. The molecule has 1 aromatic heterocycles. The van der Waals surface area contributed by atoms with Crippen molar-refractivity contribution in [2.75, 3.05) is 12.9 Å². The molecule has 1 aliphatic heterocycles. The first-order valence-electron chi connectivity index (χ1n) is 8.82. The number of aromatic nitrogens is 1. The molecule has 1 aromatic rings. The van der Waals surface area contributed by atoms with Crippen LogP contribution >= 0.6 is 0 Å². The summed E-state index contributed by atoms with van der Waals surface area (Å²) in [7, 11) is -3.44. The van der Waals surface area contributed by atoms with E-state index in [1.807, 2.05) is 32.9 Å². The summed E-state index contributed by atoms with van der Waals surface area (Å²) in [5.74, 6) is 0. The van der Waals surface area contributed by atoms with Crippen molar-refractivity contribution >= 4 is 16.2 Å². The van der Waals surface area contributed by atoms with Gasteiger partial charge in [-0.15, -0.1) is 0 Å². The molecule has 0 saturated carbocycles. The zero-order chi connectivity index (χ0) is 19.4. The molecule has 1 fully saturated rings. The van der Waals surface area contributed by atoms with Crippen molar-refractivity contribution in [1.29, 1.82) is 0 Å². The third-order valence-electron chi connectivity index (χ3n) is 4.16. The molecule has 146 valence electrons. The lowest BCUT2D eigenvalue weighted by atomic mass is 10.1. The van der Waals surface area contributed by atoms with Gasteiger partial charge in [0.05, 0.1) is 18.9 Å². The molecule has 7 nitrogen and oxygen atoms in total. The SMILES string of the molecule is CC(C)(C)OC(=O)N1[C@H](CCCOS(C)(=O)=O)CC[C@@H]1c1cccnc1. The highest BCUT2D eigenvalue weighted by Gasteiger charge is 2.39. The molecule has 8 heteroatoms. The molecule has 0 aromatic carbocycles. The lowest BCUT2D eigenvalue weighted by Gasteiger charge is -2.32. The molecular formula is C18H28N2O5S. The average Bonchev–Trinajstić information content (AvgIpc) is 2.94. The Morgan fingerprint density at radius 3 is 2.65 bits per heavy atom. The van der Waals surface area contributed by atoms with Gasteiger partial charge in [0, 0.05) is 18.4 Å². The summed E-state index contributed by atoms with van der Waals surface area (Å²) in [5.41, 5.74) is 0.400. The number of rotatable bonds is 6.